The van der Waals surface area contributed by atoms with Crippen molar-refractivity contribution in [3.63, 3.8) is 0 Å². The average Bonchev–Trinajstić information content (AvgIpc) is 2.30. The predicted octanol–water partition coefficient (Wildman–Crippen LogP) is 0.432. The quantitative estimate of drug-likeness (QED) is 0.429. The molecule has 0 heterocycles. The third kappa shape index (κ3) is 3.73. The Morgan fingerprint density at radius 2 is 1.93 bits per heavy atom. The summed E-state index contributed by atoms with van der Waals surface area (Å²) >= 11 is 0. The molecule has 4 N–H and O–H groups in total. The van der Waals surface area contributed by atoms with Gasteiger partial charge in [0.1, 0.15) is 0 Å². The molecule has 1 aromatic carbocycles. The fraction of sp³-hybridized carbons (Fsp3) is 0.300. The van der Waals surface area contributed by atoms with E-state index in [9.17, 15) is 0 Å². The minimum atomic E-state index is -1.47. The van der Waals surface area contributed by atoms with Crippen molar-refractivity contribution in [3.8, 4) is 0 Å². The van der Waals surface area contributed by atoms with E-state index in [-0.39, 0.29) is 0 Å². The average molecular weight is 208 g/mol. The zero-order valence-corrected chi connectivity index (χ0v) is 9.28. The van der Waals surface area contributed by atoms with E-state index in [2.05, 4.69) is 5.32 Å². The highest BCUT2D eigenvalue weighted by atomic mass is 16.4. The van der Waals surface area contributed by atoms with Crippen LogP contribution in [0.5, 0.6) is 0 Å². The fourth-order valence-corrected chi connectivity index (χ4v) is 1.08. The minimum Gasteiger partial charge on any atom is -0.423 e. The van der Waals surface area contributed by atoms with Crippen LogP contribution in [0.3, 0.4) is 0 Å². The predicted molar refractivity (Wildman–Crippen MR) is 65.0 cm³/mol. The van der Waals surface area contributed by atoms with E-state index in [1.165, 1.54) is 6.21 Å². The van der Waals surface area contributed by atoms with Crippen LogP contribution in [0.15, 0.2) is 18.2 Å². The van der Waals surface area contributed by atoms with Crippen LogP contribution in [-0.2, 0) is 0 Å². The molecule has 1 aromatic rings. The summed E-state index contributed by atoms with van der Waals surface area (Å²) < 4.78 is 0. The topological polar surface area (TPSA) is 76.3 Å². The summed E-state index contributed by atoms with van der Waals surface area (Å²) in [5.74, 6) is 0. The maximum Gasteiger partial charge on any atom is 0.488 e. The van der Waals surface area contributed by atoms with Gasteiger partial charge in [-0.3, -0.25) is 0 Å². The van der Waals surface area contributed by atoms with Crippen LogP contribution in [0.25, 0.3) is 0 Å². The molecule has 0 fully saturated rings. The monoisotopic (exact) mass is 208 g/mol. The molecule has 0 aliphatic carbocycles. The number of anilines is 1. The molecule has 5 heteroatoms. The molecule has 0 atom stereocenters. The van der Waals surface area contributed by atoms with Crippen molar-refractivity contribution in [2.75, 3.05) is 12.4 Å². The lowest BCUT2D eigenvalue weighted by atomic mass is 9.79. The van der Waals surface area contributed by atoms with Gasteiger partial charge >= 0.3 is 7.12 Å². The van der Waals surface area contributed by atoms with Gasteiger partial charge in [-0.2, -0.15) is 0 Å². The van der Waals surface area contributed by atoms with Crippen LogP contribution >= 0.6 is 0 Å². The molecule has 4 nitrogen and oxygen atoms in total. The van der Waals surface area contributed by atoms with Crippen molar-refractivity contribution in [2.45, 2.75) is 13.8 Å². The SMILES string of the molecule is CC.CNc1cc(B(O)O)ccc1C=N. The van der Waals surface area contributed by atoms with E-state index in [1.54, 1.807) is 25.2 Å². The zero-order valence-electron chi connectivity index (χ0n) is 9.28. The Morgan fingerprint density at radius 3 is 2.33 bits per heavy atom. The van der Waals surface area contributed by atoms with Crippen molar-refractivity contribution < 1.29 is 10.0 Å². The van der Waals surface area contributed by atoms with E-state index in [0.29, 0.717) is 16.7 Å². The van der Waals surface area contributed by atoms with Gasteiger partial charge in [0.2, 0.25) is 0 Å². The van der Waals surface area contributed by atoms with Gasteiger partial charge in [-0.1, -0.05) is 26.0 Å². The first-order valence-corrected chi connectivity index (χ1v) is 4.87. The van der Waals surface area contributed by atoms with E-state index in [4.69, 9.17) is 15.5 Å². The van der Waals surface area contributed by atoms with Gasteiger partial charge in [-0.25, -0.2) is 0 Å². The first kappa shape index (κ1) is 13.7. The van der Waals surface area contributed by atoms with Crippen LogP contribution in [0, 0.1) is 5.41 Å². The third-order valence-electron chi connectivity index (χ3n) is 1.80. The highest BCUT2D eigenvalue weighted by Gasteiger charge is 2.11. The lowest BCUT2D eigenvalue weighted by Crippen LogP contribution is -2.30. The molecule has 82 valence electrons. The van der Waals surface area contributed by atoms with Gasteiger partial charge in [0.25, 0.3) is 0 Å². The van der Waals surface area contributed by atoms with Crippen molar-refractivity contribution in [2.24, 2.45) is 0 Å². The number of hydrogen-bond donors (Lipinski definition) is 4. The van der Waals surface area contributed by atoms with E-state index in [1.807, 2.05) is 13.8 Å². The molecule has 0 saturated carbocycles. The summed E-state index contributed by atoms with van der Waals surface area (Å²) in [6.07, 6.45) is 1.21. The third-order valence-corrected chi connectivity index (χ3v) is 1.80. The first-order valence-electron chi connectivity index (χ1n) is 4.87. The summed E-state index contributed by atoms with van der Waals surface area (Å²) in [5, 5.41) is 27.7. The van der Waals surface area contributed by atoms with Gasteiger partial charge in [-0.15, -0.1) is 0 Å². The van der Waals surface area contributed by atoms with Crippen LogP contribution in [0.2, 0.25) is 0 Å². The molecule has 0 aliphatic heterocycles. The maximum absolute atomic E-state index is 8.88. The largest absolute Gasteiger partial charge is 0.488 e. The van der Waals surface area contributed by atoms with E-state index >= 15 is 0 Å². The normalized spacial score (nSPS) is 8.60. The lowest BCUT2D eigenvalue weighted by Gasteiger charge is -2.07. The molecular weight excluding hydrogens is 191 g/mol. The maximum atomic E-state index is 8.88. The Kier molecular flexibility index (Phi) is 6.41. The molecule has 0 aliphatic rings. The van der Waals surface area contributed by atoms with Gasteiger partial charge in [0.15, 0.2) is 0 Å². The summed E-state index contributed by atoms with van der Waals surface area (Å²) in [6.45, 7) is 4.00. The first-order chi connectivity index (χ1) is 7.19. The second-order valence-corrected chi connectivity index (χ2v) is 2.61. The van der Waals surface area contributed by atoms with Gasteiger partial charge in [0.05, 0.1) is 0 Å². The summed E-state index contributed by atoms with van der Waals surface area (Å²) in [7, 11) is 0.252. The molecule has 0 radical (unpaired) electrons. The summed E-state index contributed by atoms with van der Waals surface area (Å²) in [6, 6.07) is 4.84. The highest BCUT2D eigenvalue weighted by molar-refractivity contribution is 6.58. The highest BCUT2D eigenvalue weighted by Crippen LogP contribution is 2.09. The van der Waals surface area contributed by atoms with Gasteiger partial charge in [-0.05, 0) is 11.5 Å². The molecule has 0 aromatic heterocycles. The second-order valence-electron chi connectivity index (χ2n) is 2.61. The lowest BCUT2D eigenvalue weighted by molar-refractivity contribution is 0.426. The van der Waals surface area contributed by atoms with Crippen molar-refractivity contribution in [1.82, 2.24) is 0 Å². The fourth-order valence-electron chi connectivity index (χ4n) is 1.08. The van der Waals surface area contributed by atoms with E-state index in [0.717, 1.165) is 0 Å². The second kappa shape index (κ2) is 7.03. The Labute approximate surface area is 90.6 Å². The van der Waals surface area contributed by atoms with Crippen molar-refractivity contribution in [1.29, 1.82) is 5.41 Å². The van der Waals surface area contributed by atoms with Crippen molar-refractivity contribution in [3.05, 3.63) is 23.8 Å². The summed E-state index contributed by atoms with van der Waals surface area (Å²) in [5.41, 5.74) is 1.84. The number of rotatable bonds is 3. The van der Waals surface area contributed by atoms with Gasteiger partial charge < -0.3 is 20.8 Å². The molecular formula is C10H17BN2O2. The van der Waals surface area contributed by atoms with Crippen LogP contribution in [-0.4, -0.2) is 30.4 Å². The molecule has 0 bridgehead atoms. The Bertz CT molecular complexity index is 316. The molecule has 15 heavy (non-hydrogen) atoms. The number of hydrogen-bond acceptors (Lipinski definition) is 4. The Morgan fingerprint density at radius 1 is 1.33 bits per heavy atom. The van der Waals surface area contributed by atoms with Crippen LogP contribution in [0.4, 0.5) is 5.69 Å². The molecule has 0 amide bonds. The summed E-state index contributed by atoms with van der Waals surface area (Å²) in [4.78, 5) is 0. The van der Waals surface area contributed by atoms with E-state index < -0.39 is 7.12 Å². The van der Waals surface area contributed by atoms with Crippen molar-refractivity contribution >= 4 is 24.5 Å². The molecule has 1 rings (SSSR count). The smallest absolute Gasteiger partial charge is 0.423 e. The minimum absolute atomic E-state index is 0.412. The van der Waals surface area contributed by atoms with Gasteiger partial charge in [0, 0.05) is 24.5 Å². The molecule has 0 saturated heterocycles. The standard InChI is InChI=1S/C8H11BN2O2.C2H6/c1-11-8-4-7(9(12)13)3-2-6(8)5-10;1-2/h2-5,10-13H,1H3;1-2H3. The van der Waals surface area contributed by atoms with Crippen LogP contribution in [0.1, 0.15) is 19.4 Å². The Balaban J connectivity index is 0.000000921. The molecule has 0 spiro atoms. The zero-order chi connectivity index (χ0) is 11.8. The van der Waals surface area contributed by atoms with Crippen LogP contribution < -0.4 is 10.8 Å². The number of nitrogens with one attached hydrogen (secondary N) is 2. The number of benzene rings is 1. The molecule has 0 unspecified atom stereocenters. The Hall–Kier alpha value is -1.33.